The van der Waals surface area contributed by atoms with Gasteiger partial charge in [-0.2, -0.15) is 0 Å². The monoisotopic (exact) mass is 560 g/mol. The second kappa shape index (κ2) is 8.89. The minimum absolute atomic E-state index is 0.0475. The van der Waals surface area contributed by atoms with Gasteiger partial charge in [0.2, 0.25) is 0 Å². The number of fused-ring (bicyclic) bond motifs is 9. The number of anilines is 3. The highest BCUT2D eigenvalue weighted by Gasteiger charge is 2.41. The van der Waals surface area contributed by atoms with Gasteiger partial charge in [-0.3, -0.25) is 0 Å². The van der Waals surface area contributed by atoms with Crippen molar-refractivity contribution in [3.8, 4) is 17.2 Å². The Kier molecular flexibility index (Phi) is 4.80. The van der Waals surface area contributed by atoms with Gasteiger partial charge in [-0.1, -0.05) is 103 Å². The average molecular weight is 560 g/mol. The first-order valence-electron chi connectivity index (χ1n) is 15.2. The Bertz CT molecular complexity index is 2390. The van der Waals surface area contributed by atoms with Gasteiger partial charge in [-0.25, -0.2) is 0 Å². The van der Waals surface area contributed by atoms with Crippen molar-refractivity contribution >= 4 is 72.7 Å². The van der Waals surface area contributed by atoms with Crippen LogP contribution in [0.15, 0.2) is 152 Å². The lowest BCUT2D eigenvalue weighted by Crippen LogP contribution is -2.58. The quantitative estimate of drug-likeness (QED) is 0.202. The lowest BCUT2D eigenvalue weighted by molar-refractivity contribution is 0.488. The Morgan fingerprint density at radius 3 is 1.98 bits per heavy atom. The van der Waals surface area contributed by atoms with Crippen LogP contribution in [0.1, 0.15) is 0 Å². The van der Waals surface area contributed by atoms with E-state index in [1.807, 2.05) is 0 Å². The summed E-state index contributed by atoms with van der Waals surface area (Å²) in [7, 11) is 0. The van der Waals surface area contributed by atoms with E-state index >= 15 is 0 Å². The van der Waals surface area contributed by atoms with Crippen LogP contribution in [-0.4, -0.2) is 11.3 Å². The van der Waals surface area contributed by atoms with Gasteiger partial charge in [0.1, 0.15) is 11.5 Å². The molecule has 4 heteroatoms. The molecule has 1 aromatic heterocycles. The summed E-state index contributed by atoms with van der Waals surface area (Å²) in [5.74, 6) is 1.83. The Morgan fingerprint density at radius 1 is 0.500 bits per heavy atom. The Hall–Kier alpha value is -5.74. The molecule has 0 atom stereocenters. The maximum absolute atomic E-state index is 6.95. The molecule has 0 amide bonds. The average Bonchev–Trinajstić information content (AvgIpc) is 3.43. The summed E-state index contributed by atoms with van der Waals surface area (Å²) in [5, 5.41) is 5.03. The number of benzene rings is 7. The molecule has 0 spiro atoms. The van der Waals surface area contributed by atoms with Crippen LogP contribution in [0.2, 0.25) is 0 Å². The number of aromatic nitrogens is 1. The van der Waals surface area contributed by atoms with Crippen LogP contribution in [0.25, 0.3) is 38.3 Å². The van der Waals surface area contributed by atoms with E-state index in [2.05, 4.69) is 161 Å². The summed E-state index contributed by atoms with van der Waals surface area (Å²) >= 11 is 0. The number of para-hydroxylation sites is 4. The molecule has 0 saturated carbocycles. The van der Waals surface area contributed by atoms with E-state index in [1.165, 1.54) is 54.7 Å². The molecule has 0 N–H and O–H groups in total. The third-order valence-electron chi connectivity index (χ3n) is 9.40. The molecule has 0 radical (unpaired) electrons. The fraction of sp³-hybridized carbons (Fsp3) is 0. The highest BCUT2D eigenvalue weighted by atomic mass is 16.5. The molecule has 2 aliphatic rings. The molecule has 10 rings (SSSR count). The van der Waals surface area contributed by atoms with Crippen LogP contribution in [0.5, 0.6) is 11.5 Å². The van der Waals surface area contributed by atoms with Crippen molar-refractivity contribution in [2.24, 2.45) is 0 Å². The standard InChI is InChI=1S/C40H25BN2O/c1-3-13-27(14-4-1)42(28-15-5-2-6-16-28)29-24-35-39-37(25-29)44-36-23-22-26-12-7-8-17-30(26)38(36)41(39)33-20-11-19-32-31-18-9-10-21-34(31)43(35)40(32)33/h1-25H. The van der Waals surface area contributed by atoms with Crippen LogP contribution >= 0.6 is 0 Å². The molecule has 7 aromatic carbocycles. The van der Waals surface area contributed by atoms with Crippen molar-refractivity contribution in [1.29, 1.82) is 0 Å². The number of nitrogens with zero attached hydrogens (tertiary/aromatic N) is 2. The Labute approximate surface area is 255 Å². The third-order valence-corrected chi connectivity index (χ3v) is 9.40. The summed E-state index contributed by atoms with van der Waals surface area (Å²) in [6, 6.07) is 54.5. The molecular formula is C40H25BN2O. The van der Waals surface area contributed by atoms with Crippen molar-refractivity contribution < 1.29 is 4.74 Å². The maximum atomic E-state index is 6.95. The summed E-state index contributed by atoms with van der Waals surface area (Å²) in [4.78, 5) is 2.33. The summed E-state index contributed by atoms with van der Waals surface area (Å²) in [5.41, 5.74) is 10.7. The van der Waals surface area contributed by atoms with E-state index in [0.29, 0.717) is 0 Å². The van der Waals surface area contributed by atoms with E-state index < -0.39 is 0 Å². The minimum atomic E-state index is 0.0475. The van der Waals surface area contributed by atoms with Gasteiger partial charge in [-0.15, -0.1) is 0 Å². The maximum Gasteiger partial charge on any atom is 0.257 e. The predicted molar refractivity (Wildman–Crippen MR) is 184 cm³/mol. The van der Waals surface area contributed by atoms with E-state index in [4.69, 9.17) is 4.74 Å². The van der Waals surface area contributed by atoms with Crippen molar-refractivity contribution in [2.45, 2.75) is 0 Å². The third kappa shape index (κ3) is 3.17. The zero-order valence-electron chi connectivity index (χ0n) is 23.8. The van der Waals surface area contributed by atoms with Crippen molar-refractivity contribution in [1.82, 2.24) is 4.57 Å². The minimum Gasteiger partial charge on any atom is -0.458 e. The van der Waals surface area contributed by atoms with Gasteiger partial charge in [0.25, 0.3) is 6.71 Å². The van der Waals surface area contributed by atoms with E-state index in [-0.39, 0.29) is 6.71 Å². The largest absolute Gasteiger partial charge is 0.458 e. The number of hydrogen-bond acceptors (Lipinski definition) is 2. The molecular weight excluding hydrogens is 535 g/mol. The zero-order valence-corrected chi connectivity index (χ0v) is 23.8. The second-order valence-electron chi connectivity index (χ2n) is 11.7. The predicted octanol–water partition coefficient (Wildman–Crippen LogP) is 8.34. The first kappa shape index (κ1) is 23.8. The SMILES string of the molecule is c1ccc(N(c2ccccc2)c2cc3c4c(c2)-n2c5ccccc5c5cccc(c52)B4c2c(ccc4ccccc24)O3)cc1. The van der Waals surface area contributed by atoms with Crippen LogP contribution in [0.3, 0.4) is 0 Å². The lowest BCUT2D eigenvalue weighted by Gasteiger charge is -2.35. The van der Waals surface area contributed by atoms with Crippen molar-refractivity contribution in [2.75, 3.05) is 4.90 Å². The van der Waals surface area contributed by atoms with E-state index in [1.54, 1.807) is 0 Å². The van der Waals surface area contributed by atoms with E-state index in [9.17, 15) is 0 Å². The highest BCUT2D eigenvalue weighted by molar-refractivity contribution is 7.00. The van der Waals surface area contributed by atoms with Crippen LogP contribution in [0, 0.1) is 0 Å². The molecule has 0 fully saturated rings. The first-order chi connectivity index (χ1) is 21.8. The van der Waals surface area contributed by atoms with Gasteiger partial charge in [-0.05, 0) is 69.6 Å². The van der Waals surface area contributed by atoms with Gasteiger partial charge >= 0.3 is 0 Å². The van der Waals surface area contributed by atoms with Crippen LogP contribution in [-0.2, 0) is 0 Å². The molecule has 0 unspecified atom stereocenters. The summed E-state index contributed by atoms with van der Waals surface area (Å²) in [6.07, 6.45) is 0. The topological polar surface area (TPSA) is 17.4 Å². The first-order valence-corrected chi connectivity index (χ1v) is 15.2. The smallest absolute Gasteiger partial charge is 0.257 e. The molecule has 44 heavy (non-hydrogen) atoms. The number of hydrogen-bond donors (Lipinski definition) is 0. The molecule has 3 heterocycles. The lowest BCUT2D eigenvalue weighted by atomic mass is 9.34. The molecule has 0 saturated heterocycles. The fourth-order valence-corrected chi connectivity index (χ4v) is 7.65. The number of ether oxygens (including phenoxy) is 1. The highest BCUT2D eigenvalue weighted by Crippen LogP contribution is 2.43. The Morgan fingerprint density at radius 2 is 1.18 bits per heavy atom. The van der Waals surface area contributed by atoms with Crippen molar-refractivity contribution in [3.05, 3.63) is 152 Å². The molecule has 0 aliphatic carbocycles. The van der Waals surface area contributed by atoms with Crippen LogP contribution in [0.4, 0.5) is 17.1 Å². The van der Waals surface area contributed by atoms with Gasteiger partial charge in [0, 0.05) is 39.4 Å². The number of rotatable bonds is 3. The zero-order chi connectivity index (χ0) is 28.8. The van der Waals surface area contributed by atoms with Gasteiger partial charge in [0.05, 0.1) is 11.2 Å². The van der Waals surface area contributed by atoms with Crippen LogP contribution < -0.4 is 26.0 Å². The van der Waals surface area contributed by atoms with Gasteiger partial charge < -0.3 is 14.2 Å². The molecule has 2 aliphatic heterocycles. The summed E-state index contributed by atoms with van der Waals surface area (Å²) < 4.78 is 9.43. The fourth-order valence-electron chi connectivity index (χ4n) is 7.65. The normalized spacial score (nSPS) is 12.7. The van der Waals surface area contributed by atoms with Crippen molar-refractivity contribution in [3.63, 3.8) is 0 Å². The second-order valence-corrected chi connectivity index (χ2v) is 11.7. The molecule has 0 bridgehead atoms. The van der Waals surface area contributed by atoms with E-state index in [0.717, 1.165) is 28.6 Å². The Balaban J connectivity index is 1.36. The molecule has 204 valence electrons. The molecule has 3 nitrogen and oxygen atoms in total. The summed E-state index contributed by atoms with van der Waals surface area (Å²) in [6.45, 7) is 0.0475. The molecule has 8 aromatic rings. The van der Waals surface area contributed by atoms with Gasteiger partial charge in [0.15, 0.2) is 0 Å².